The molecule has 1 amide bonds. The number of rotatable bonds is 12. The van der Waals surface area contributed by atoms with Crippen LogP contribution in [0.1, 0.15) is 23.9 Å². The molecule has 1 atom stereocenters. The molecular weight excluding hydrogens is 660 g/mol. The van der Waals surface area contributed by atoms with E-state index in [1.807, 2.05) is 109 Å². The summed E-state index contributed by atoms with van der Waals surface area (Å²) in [6.07, 6.45) is 1.59. The van der Waals surface area contributed by atoms with Crippen molar-refractivity contribution in [2.24, 2.45) is 5.10 Å². The maximum atomic E-state index is 13.1. The summed E-state index contributed by atoms with van der Waals surface area (Å²) in [6, 6.07) is 39.9. The van der Waals surface area contributed by atoms with E-state index in [4.69, 9.17) is 4.74 Å². The van der Waals surface area contributed by atoms with Crippen molar-refractivity contribution in [3.63, 3.8) is 0 Å². The molecule has 0 aliphatic carbocycles. The number of para-hydroxylation sites is 2. The number of thioether (sulfide) groups is 1. The van der Waals surface area contributed by atoms with E-state index >= 15 is 0 Å². The first-order chi connectivity index (χ1) is 22.5. The van der Waals surface area contributed by atoms with Crippen molar-refractivity contribution in [3.8, 4) is 11.4 Å². The number of ether oxygens (including phenoxy) is 1. The molecule has 2 N–H and O–H groups in total. The van der Waals surface area contributed by atoms with Gasteiger partial charge in [-0.25, -0.2) is 5.43 Å². The zero-order valence-corrected chi connectivity index (χ0v) is 27.4. The second-order valence-corrected chi connectivity index (χ2v) is 12.6. The van der Waals surface area contributed by atoms with Crippen LogP contribution in [0.5, 0.6) is 5.75 Å². The molecule has 0 bridgehead atoms. The van der Waals surface area contributed by atoms with Crippen LogP contribution in [0.2, 0.25) is 0 Å². The summed E-state index contributed by atoms with van der Waals surface area (Å²) < 4.78 is 9.01. The van der Waals surface area contributed by atoms with Crippen LogP contribution >= 0.6 is 27.7 Å². The Morgan fingerprint density at radius 3 is 2.57 bits per heavy atom. The minimum Gasteiger partial charge on any atom is -0.488 e. The van der Waals surface area contributed by atoms with E-state index < -0.39 is 5.25 Å². The average Bonchev–Trinajstić information content (AvgIpc) is 3.49. The third-order valence-corrected chi connectivity index (χ3v) is 8.71. The van der Waals surface area contributed by atoms with Gasteiger partial charge in [-0.2, -0.15) is 5.10 Å². The zero-order chi connectivity index (χ0) is 31.7. The van der Waals surface area contributed by atoms with Crippen molar-refractivity contribution in [2.75, 3.05) is 5.32 Å². The van der Waals surface area contributed by atoms with Crippen LogP contribution in [-0.2, 0) is 17.9 Å². The van der Waals surface area contributed by atoms with Crippen LogP contribution in [0.15, 0.2) is 136 Å². The first-order valence-corrected chi connectivity index (χ1v) is 16.4. The molecule has 6 rings (SSSR count). The van der Waals surface area contributed by atoms with Crippen LogP contribution in [0.3, 0.4) is 0 Å². The Kier molecular flexibility index (Phi) is 10.1. The third kappa shape index (κ3) is 7.64. The third-order valence-electron chi connectivity index (χ3n) is 7.17. The van der Waals surface area contributed by atoms with Gasteiger partial charge < -0.3 is 10.1 Å². The van der Waals surface area contributed by atoms with E-state index in [0.717, 1.165) is 43.6 Å². The van der Waals surface area contributed by atoms with Gasteiger partial charge >= 0.3 is 0 Å². The monoisotopic (exact) mass is 690 g/mol. The second kappa shape index (κ2) is 14.9. The molecule has 10 heteroatoms. The van der Waals surface area contributed by atoms with Gasteiger partial charge in [-0.1, -0.05) is 107 Å². The Morgan fingerprint density at radius 1 is 0.935 bits per heavy atom. The SMILES string of the molecule is C[C@H](Sc1nnc(CNc2cccc3ccccc23)n1-c1ccccc1)C(=O)N/N=C/c1ccccc1OCc1cccc(Br)c1. The van der Waals surface area contributed by atoms with E-state index in [-0.39, 0.29) is 5.91 Å². The smallest absolute Gasteiger partial charge is 0.253 e. The fraction of sp³-hybridized carbons (Fsp3) is 0.111. The lowest BCUT2D eigenvalue weighted by atomic mass is 10.1. The van der Waals surface area contributed by atoms with Gasteiger partial charge in [0.25, 0.3) is 5.91 Å². The number of anilines is 1. The predicted molar refractivity (Wildman–Crippen MR) is 189 cm³/mol. The highest BCUT2D eigenvalue weighted by molar-refractivity contribution is 9.10. The van der Waals surface area contributed by atoms with E-state index in [9.17, 15) is 4.79 Å². The number of amides is 1. The topological polar surface area (TPSA) is 93.4 Å². The molecule has 5 aromatic carbocycles. The number of nitrogens with zero attached hydrogens (tertiary/aromatic N) is 4. The highest BCUT2D eigenvalue weighted by Crippen LogP contribution is 2.28. The number of aromatic nitrogens is 3. The standard InChI is InChI=1S/C36H31BrN6O2S/c1-25(35(44)41-39-22-28-13-6-8-20-33(28)45-24-26-11-9-15-29(37)21-26)46-36-42-40-34(43(36)30-16-3-2-4-17-30)23-38-32-19-10-14-27-12-5-7-18-31(27)32/h2-22,25,38H,23-24H2,1H3,(H,41,44)/b39-22+/t25-/m0/s1. The normalized spacial score (nSPS) is 11.9. The van der Waals surface area contributed by atoms with Crippen LogP contribution in [-0.4, -0.2) is 32.1 Å². The molecule has 230 valence electrons. The lowest BCUT2D eigenvalue weighted by molar-refractivity contribution is -0.120. The maximum Gasteiger partial charge on any atom is 0.253 e. The number of halogens is 1. The Hall–Kier alpha value is -4.93. The Labute approximate surface area is 280 Å². The van der Waals surface area contributed by atoms with Gasteiger partial charge in [-0.05, 0) is 60.3 Å². The van der Waals surface area contributed by atoms with Crippen molar-refractivity contribution < 1.29 is 9.53 Å². The number of benzene rings is 5. The number of hydrogen-bond donors (Lipinski definition) is 2. The van der Waals surface area contributed by atoms with E-state index in [0.29, 0.717) is 24.1 Å². The molecule has 1 heterocycles. The summed E-state index contributed by atoms with van der Waals surface area (Å²) >= 11 is 4.81. The van der Waals surface area contributed by atoms with Crippen LogP contribution < -0.4 is 15.5 Å². The Morgan fingerprint density at radius 2 is 1.70 bits per heavy atom. The predicted octanol–water partition coefficient (Wildman–Crippen LogP) is 8.01. The fourth-order valence-electron chi connectivity index (χ4n) is 4.86. The molecule has 0 saturated carbocycles. The second-order valence-electron chi connectivity index (χ2n) is 10.4. The van der Waals surface area contributed by atoms with Gasteiger partial charge in [0.1, 0.15) is 12.4 Å². The lowest BCUT2D eigenvalue weighted by Gasteiger charge is -2.14. The largest absolute Gasteiger partial charge is 0.488 e. The van der Waals surface area contributed by atoms with Gasteiger partial charge in [-0.15, -0.1) is 10.2 Å². The van der Waals surface area contributed by atoms with Crippen molar-refractivity contribution >= 4 is 56.3 Å². The maximum absolute atomic E-state index is 13.1. The molecule has 0 fully saturated rings. The molecule has 0 aliphatic rings. The molecule has 8 nitrogen and oxygen atoms in total. The van der Waals surface area contributed by atoms with Gasteiger partial charge in [-0.3, -0.25) is 9.36 Å². The highest BCUT2D eigenvalue weighted by Gasteiger charge is 2.21. The van der Waals surface area contributed by atoms with Crippen LogP contribution in [0.4, 0.5) is 5.69 Å². The Balaban J connectivity index is 1.13. The molecule has 1 aromatic heterocycles. The molecule has 0 aliphatic heterocycles. The summed E-state index contributed by atoms with van der Waals surface area (Å²) in [6.45, 7) is 2.68. The van der Waals surface area contributed by atoms with Gasteiger partial charge in [0.15, 0.2) is 11.0 Å². The molecule has 6 aromatic rings. The molecule has 0 saturated heterocycles. The van der Waals surface area contributed by atoms with Crippen molar-refractivity contribution in [2.45, 2.75) is 30.5 Å². The first-order valence-electron chi connectivity index (χ1n) is 14.7. The number of hydrogen-bond acceptors (Lipinski definition) is 7. The van der Waals surface area contributed by atoms with Gasteiger partial charge in [0, 0.05) is 26.8 Å². The summed E-state index contributed by atoms with van der Waals surface area (Å²) in [5, 5.41) is 19.2. The van der Waals surface area contributed by atoms with E-state index in [1.165, 1.54) is 11.8 Å². The van der Waals surface area contributed by atoms with Gasteiger partial charge in [0.05, 0.1) is 18.0 Å². The van der Waals surface area contributed by atoms with Crippen molar-refractivity contribution in [1.29, 1.82) is 0 Å². The lowest BCUT2D eigenvalue weighted by Crippen LogP contribution is -2.27. The van der Waals surface area contributed by atoms with Crippen molar-refractivity contribution in [3.05, 3.63) is 143 Å². The molecule has 46 heavy (non-hydrogen) atoms. The van der Waals surface area contributed by atoms with E-state index in [2.05, 4.69) is 66.2 Å². The molecule has 0 unspecified atom stereocenters. The molecule has 0 radical (unpaired) electrons. The summed E-state index contributed by atoms with van der Waals surface area (Å²) in [4.78, 5) is 13.1. The summed E-state index contributed by atoms with van der Waals surface area (Å²) in [5.74, 6) is 1.14. The number of carbonyl (C=O) groups is 1. The number of carbonyl (C=O) groups excluding carboxylic acids is 1. The number of nitrogens with one attached hydrogen (secondary N) is 2. The number of hydrazone groups is 1. The zero-order valence-electron chi connectivity index (χ0n) is 25.0. The Bertz CT molecular complexity index is 1980. The molecular formula is C36H31BrN6O2S. The van der Waals surface area contributed by atoms with Gasteiger partial charge in [0.2, 0.25) is 0 Å². The minimum atomic E-state index is -0.495. The summed E-state index contributed by atoms with van der Waals surface area (Å²) in [7, 11) is 0. The van der Waals surface area contributed by atoms with E-state index in [1.54, 1.807) is 6.21 Å². The molecule has 0 spiro atoms. The minimum absolute atomic E-state index is 0.258. The quantitative estimate of drug-likeness (QED) is 0.0768. The van der Waals surface area contributed by atoms with Crippen LogP contribution in [0.25, 0.3) is 16.5 Å². The van der Waals surface area contributed by atoms with Crippen LogP contribution in [0, 0.1) is 0 Å². The fourth-order valence-corrected chi connectivity index (χ4v) is 6.18. The average molecular weight is 692 g/mol. The highest BCUT2D eigenvalue weighted by atomic mass is 79.9. The van der Waals surface area contributed by atoms with Crippen molar-refractivity contribution in [1.82, 2.24) is 20.2 Å². The number of fused-ring (bicyclic) bond motifs is 1. The summed E-state index contributed by atoms with van der Waals surface area (Å²) in [5.41, 5.74) is 6.39. The first kappa shape index (κ1) is 31.1.